The molecule has 2 atom stereocenters. The van der Waals surface area contributed by atoms with Crippen molar-refractivity contribution in [3.8, 4) is 0 Å². The maximum absolute atomic E-state index is 2.77. The molecule has 6 aliphatic heterocycles. The summed E-state index contributed by atoms with van der Waals surface area (Å²) in [7, 11) is 0. The molecule has 2 unspecified atom stereocenters. The number of piperidine rings is 2. The molecule has 298 valence electrons. The first-order chi connectivity index (χ1) is 23.0. The van der Waals surface area contributed by atoms with Gasteiger partial charge in [0.2, 0.25) is 0 Å². The van der Waals surface area contributed by atoms with Crippen LogP contribution in [0, 0.1) is 0 Å². The highest BCUT2D eigenvalue weighted by atomic mass is 15.3. The van der Waals surface area contributed by atoms with Crippen molar-refractivity contribution in [3.05, 3.63) is 0 Å². The molecule has 50 heavy (non-hydrogen) atoms. The third-order valence-electron chi connectivity index (χ3n) is 12.2. The molecule has 0 amide bonds. The van der Waals surface area contributed by atoms with Crippen LogP contribution in [0.2, 0.25) is 0 Å². The molecule has 6 saturated heterocycles. The Bertz CT molecular complexity index is 855. The first-order valence-electron chi connectivity index (χ1n) is 21.8. The molecule has 6 aliphatic rings. The lowest BCUT2D eigenvalue weighted by atomic mass is 9.95. The van der Waals surface area contributed by atoms with E-state index in [-0.39, 0.29) is 0 Å². The molecule has 0 aliphatic carbocycles. The highest BCUT2D eigenvalue weighted by Crippen LogP contribution is 2.40. The van der Waals surface area contributed by atoms with Gasteiger partial charge in [0.25, 0.3) is 0 Å². The van der Waals surface area contributed by atoms with Crippen LogP contribution in [0.5, 0.6) is 0 Å². The molecule has 5 nitrogen and oxygen atoms in total. The summed E-state index contributed by atoms with van der Waals surface area (Å²) < 4.78 is 0. The van der Waals surface area contributed by atoms with Crippen molar-refractivity contribution in [2.24, 2.45) is 0 Å². The van der Waals surface area contributed by atoms with Gasteiger partial charge in [0, 0.05) is 39.8 Å². The lowest BCUT2D eigenvalue weighted by Gasteiger charge is -2.44. The summed E-state index contributed by atoms with van der Waals surface area (Å²) in [6.45, 7) is 45.1. The third-order valence-corrected chi connectivity index (χ3v) is 12.2. The molecule has 6 rings (SSSR count). The van der Waals surface area contributed by atoms with Gasteiger partial charge in [-0.1, -0.05) is 25.7 Å². The summed E-state index contributed by atoms with van der Waals surface area (Å²) >= 11 is 0. The number of nitrogens with zero attached hydrogens (tertiary/aromatic N) is 5. The zero-order valence-electron chi connectivity index (χ0n) is 37.2. The van der Waals surface area contributed by atoms with Crippen LogP contribution >= 0.6 is 0 Å². The fourth-order valence-electron chi connectivity index (χ4n) is 8.89. The van der Waals surface area contributed by atoms with Gasteiger partial charge in [0.1, 0.15) is 0 Å². The summed E-state index contributed by atoms with van der Waals surface area (Å²) in [6, 6.07) is 1.84. The SMILES string of the molecule is CC(C)(C)N1C2CCCC1CC2.CC(C)(C)N1CCC1.CC(C)(C)N1CCCC1.CC(C)(C)N1CCCCC1.CC(C)(C)N1CCCCCC1. The fraction of sp³-hybridized carbons (Fsp3) is 1.00. The largest absolute Gasteiger partial charge is 0.298 e. The third kappa shape index (κ3) is 16.9. The van der Waals surface area contributed by atoms with Crippen LogP contribution in [0.25, 0.3) is 0 Å². The predicted molar refractivity (Wildman–Crippen MR) is 224 cm³/mol. The molecular formula is C45H93N5. The van der Waals surface area contributed by atoms with Gasteiger partial charge in [0.05, 0.1) is 0 Å². The molecule has 6 fully saturated rings. The van der Waals surface area contributed by atoms with Crippen LogP contribution in [0.4, 0.5) is 0 Å². The highest BCUT2D eigenvalue weighted by molar-refractivity contribution is 4.97. The van der Waals surface area contributed by atoms with Gasteiger partial charge in [-0.3, -0.25) is 24.5 Å². The summed E-state index contributed by atoms with van der Waals surface area (Å²) in [5, 5.41) is 0. The van der Waals surface area contributed by atoms with E-state index in [4.69, 9.17) is 0 Å². The van der Waals surface area contributed by atoms with E-state index in [1.165, 1.54) is 149 Å². The average molecular weight is 704 g/mol. The minimum atomic E-state index is 0.393. The molecule has 0 aromatic carbocycles. The van der Waals surface area contributed by atoms with Crippen molar-refractivity contribution in [2.75, 3.05) is 52.4 Å². The van der Waals surface area contributed by atoms with Crippen molar-refractivity contribution in [2.45, 2.75) is 240 Å². The first-order valence-corrected chi connectivity index (χ1v) is 21.8. The Kier molecular flexibility index (Phi) is 18.8. The van der Waals surface area contributed by atoms with Gasteiger partial charge < -0.3 is 0 Å². The van der Waals surface area contributed by atoms with E-state index < -0.39 is 0 Å². The van der Waals surface area contributed by atoms with Crippen molar-refractivity contribution in [1.82, 2.24) is 24.5 Å². The molecular weight excluding hydrogens is 611 g/mol. The lowest BCUT2D eigenvalue weighted by Crippen LogP contribution is -2.51. The van der Waals surface area contributed by atoms with Crippen LogP contribution in [-0.2, 0) is 0 Å². The van der Waals surface area contributed by atoms with Gasteiger partial charge in [0.15, 0.2) is 0 Å². The molecule has 6 heterocycles. The Hall–Kier alpha value is -0.200. The Labute approximate surface area is 316 Å². The summed E-state index contributed by atoms with van der Waals surface area (Å²) in [5.41, 5.74) is 2.05. The Morgan fingerprint density at radius 3 is 0.700 bits per heavy atom. The van der Waals surface area contributed by atoms with E-state index >= 15 is 0 Å². The zero-order valence-corrected chi connectivity index (χ0v) is 37.2. The van der Waals surface area contributed by atoms with Gasteiger partial charge >= 0.3 is 0 Å². The molecule has 2 bridgehead atoms. The molecule has 0 aromatic rings. The van der Waals surface area contributed by atoms with Crippen LogP contribution < -0.4 is 0 Å². The fourth-order valence-corrected chi connectivity index (χ4v) is 8.89. The zero-order chi connectivity index (χ0) is 37.8. The van der Waals surface area contributed by atoms with Crippen molar-refractivity contribution in [3.63, 3.8) is 0 Å². The highest BCUT2D eigenvalue weighted by Gasteiger charge is 2.41. The average Bonchev–Trinajstić information content (AvgIpc) is 3.50. The topological polar surface area (TPSA) is 16.2 Å². The van der Waals surface area contributed by atoms with Crippen LogP contribution in [0.1, 0.15) is 200 Å². The minimum Gasteiger partial charge on any atom is -0.298 e. The number of rotatable bonds is 0. The molecule has 0 spiro atoms. The van der Waals surface area contributed by atoms with E-state index in [9.17, 15) is 0 Å². The minimum absolute atomic E-state index is 0.393. The van der Waals surface area contributed by atoms with Crippen LogP contribution in [0.15, 0.2) is 0 Å². The number of likely N-dealkylation sites (tertiary alicyclic amines) is 4. The smallest absolute Gasteiger partial charge is 0.0130 e. The van der Waals surface area contributed by atoms with E-state index in [1.54, 1.807) is 0 Å². The van der Waals surface area contributed by atoms with Crippen molar-refractivity contribution >= 4 is 0 Å². The summed E-state index contributed by atoms with van der Waals surface area (Å²) in [6.07, 6.45) is 21.4. The number of hydrogen-bond donors (Lipinski definition) is 0. The maximum Gasteiger partial charge on any atom is 0.0130 e. The van der Waals surface area contributed by atoms with Gasteiger partial charge in [-0.25, -0.2) is 0 Å². The summed E-state index contributed by atoms with van der Waals surface area (Å²) in [4.78, 5) is 13.0. The Balaban J connectivity index is 0.000000218. The molecule has 0 saturated carbocycles. The van der Waals surface area contributed by atoms with Crippen LogP contribution in [-0.4, -0.2) is 117 Å². The molecule has 0 N–H and O–H groups in total. The normalized spacial score (nSPS) is 26.5. The van der Waals surface area contributed by atoms with Gasteiger partial charge in [-0.2, -0.15) is 0 Å². The van der Waals surface area contributed by atoms with Gasteiger partial charge in [-0.05, 0) is 227 Å². The Morgan fingerprint density at radius 1 is 0.260 bits per heavy atom. The van der Waals surface area contributed by atoms with Crippen LogP contribution in [0.3, 0.4) is 0 Å². The second-order valence-corrected chi connectivity index (χ2v) is 21.6. The van der Waals surface area contributed by atoms with Crippen molar-refractivity contribution in [1.29, 1.82) is 0 Å². The molecule has 0 aromatic heterocycles. The van der Waals surface area contributed by atoms with Crippen molar-refractivity contribution < 1.29 is 0 Å². The first kappa shape index (κ1) is 46.0. The monoisotopic (exact) mass is 704 g/mol. The molecule has 5 heteroatoms. The lowest BCUT2D eigenvalue weighted by molar-refractivity contribution is 0.0441. The summed E-state index contributed by atoms with van der Waals surface area (Å²) in [5.74, 6) is 0. The second kappa shape index (κ2) is 20.5. The van der Waals surface area contributed by atoms with E-state index in [0.29, 0.717) is 27.7 Å². The van der Waals surface area contributed by atoms with E-state index in [0.717, 1.165) is 12.1 Å². The number of fused-ring (bicyclic) bond motifs is 2. The standard InChI is InChI=1S/C11H21N.C10H21N.C9H19N.C8H17N.C7H15N/c1-11(2,3)12-9-5-4-6-10(12)8-7-9;1-10(2,3)11-8-6-4-5-7-9-11;1-9(2,3)10-7-5-4-6-8-10;1-8(2,3)9-6-4-5-7-9;1-7(2,3)8-5-4-6-8/h9-10H,4-8H2,1-3H3;4-9H2,1-3H3;4-8H2,1-3H3;4-7H2,1-3H3;4-6H2,1-3H3. The van der Waals surface area contributed by atoms with Gasteiger partial charge in [-0.15, -0.1) is 0 Å². The van der Waals surface area contributed by atoms with E-state index in [2.05, 4.69) is 128 Å². The van der Waals surface area contributed by atoms with E-state index in [1.807, 2.05) is 0 Å². The number of hydrogen-bond acceptors (Lipinski definition) is 5. The maximum atomic E-state index is 2.77. The quantitative estimate of drug-likeness (QED) is 0.249. The second-order valence-electron chi connectivity index (χ2n) is 21.6. The predicted octanol–water partition coefficient (Wildman–Crippen LogP) is 11.1. The Morgan fingerprint density at radius 2 is 0.500 bits per heavy atom. The molecule has 0 radical (unpaired) electrons.